The summed E-state index contributed by atoms with van der Waals surface area (Å²) in [4.78, 5) is 0. The summed E-state index contributed by atoms with van der Waals surface area (Å²) in [5, 5.41) is 3.46. The molecule has 0 spiro atoms. The molecule has 15 heavy (non-hydrogen) atoms. The van der Waals surface area contributed by atoms with E-state index in [1.807, 2.05) is 0 Å². The van der Waals surface area contributed by atoms with Crippen molar-refractivity contribution in [2.45, 2.75) is 18.9 Å². The second-order valence-electron chi connectivity index (χ2n) is 3.67. The predicted octanol–water partition coefficient (Wildman–Crippen LogP) is 2.91. The first kappa shape index (κ1) is 10.7. The Balaban J connectivity index is 2.35. The SMILES string of the molecule is COc1cc(C2CCCN2)cc(Cl)c1F. The summed E-state index contributed by atoms with van der Waals surface area (Å²) in [6.07, 6.45) is 2.20. The van der Waals surface area contributed by atoms with Gasteiger partial charge in [-0.05, 0) is 37.1 Å². The molecule has 82 valence electrons. The minimum atomic E-state index is -0.485. The van der Waals surface area contributed by atoms with Gasteiger partial charge in [-0.25, -0.2) is 4.39 Å². The van der Waals surface area contributed by atoms with Crippen LogP contribution in [-0.4, -0.2) is 13.7 Å². The fourth-order valence-corrected chi connectivity index (χ4v) is 2.12. The van der Waals surface area contributed by atoms with Crippen molar-refractivity contribution >= 4 is 11.6 Å². The summed E-state index contributed by atoms with van der Waals surface area (Å²) < 4.78 is 18.3. The lowest BCUT2D eigenvalue weighted by Crippen LogP contribution is -2.13. The smallest absolute Gasteiger partial charge is 0.183 e. The van der Waals surface area contributed by atoms with Gasteiger partial charge in [-0.2, -0.15) is 0 Å². The topological polar surface area (TPSA) is 21.3 Å². The van der Waals surface area contributed by atoms with Crippen LogP contribution in [0.1, 0.15) is 24.4 Å². The Morgan fingerprint density at radius 2 is 2.33 bits per heavy atom. The van der Waals surface area contributed by atoms with E-state index >= 15 is 0 Å². The highest BCUT2D eigenvalue weighted by Crippen LogP contribution is 2.32. The molecular formula is C11H13ClFNO. The maximum Gasteiger partial charge on any atom is 0.183 e. The third-order valence-electron chi connectivity index (χ3n) is 2.70. The first-order chi connectivity index (χ1) is 7.22. The number of hydrogen-bond acceptors (Lipinski definition) is 2. The average molecular weight is 230 g/mol. The van der Waals surface area contributed by atoms with Gasteiger partial charge in [0.15, 0.2) is 11.6 Å². The lowest BCUT2D eigenvalue weighted by molar-refractivity contribution is 0.385. The molecule has 1 saturated heterocycles. The molecule has 2 nitrogen and oxygen atoms in total. The van der Waals surface area contributed by atoms with Gasteiger partial charge in [-0.15, -0.1) is 0 Å². The van der Waals surface area contributed by atoms with Crippen LogP contribution in [0.2, 0.25) is 5.02 Å². The molecule has 1 N–H and O–H groups in total. The average Bonchev–Trinajstić information content (AvgIpc) is 2.75. The summed E-state index contributed by atoms with van der Waals surface area (Å²) in [6.45, 7) is 1.00. The Morgan fingerprint density at radius 3 is 2.93 bits per heavy atom. The molecule has 1 heterocycles. The number of hydrogen-bond donors (Lipinski definition) is 1. The number of methoxy groups -OCH3 is 1. The van der Waals surface area contributed by atoms with Crippen molar-refractivity contribution in [3.8, 4) is 5.75 Å². The lowest BCUT2D eigenvalue weighted by Gasteiger charge is -2.13. The van der Waals surface area contributed by atoms with Crippen LogP contribution in [0.4, 0.5) is 4.39 Å². The third-order valence-corrected chi connectivity index (χ3v) is 2.97. The van der Waals surface area contributed by atoms with Crippen molar-refractivity contribution in [3.63, 3.8) is 0 Å². The van der Waals surface area contributed by atoms with Crippen LogP contribution >= 0.6 is 11.6 Å². The maximum atomic E-state index is 13.4. The Labute approximate surface area is 93.4 Å². The first-order valence-corrected chi connectivity index (χ1v) is 5.36. The molecule has 0 radical (unpaired) electrons. The van der Waals surface area contributed by atoms with E-state index in [1.165, 1.54) is 7.11 Å². The van der Waals surface area contributed by atoms with Gasteiger partial charge in [0.05, 0.1) is 12.1 Å². The normalized spacial score (nSPS) is 20.6. The molecule has 1 fully saturated rings. The fraction of sp³-hybridized carbons (Fsp3) is 0.455. The van der Waals surface area contributed by atoms with E-state index in [1.54, 1.807) is 12.1 Å². The Morgan fingerprint density at radius 1 is 1.53 bits per heavy atom. The highest BCUT2D eigenvalue weighted by Gasteiger charge is 2.19. The van der Waals surface area contributed by atoms with Gasteiger partial charge in [0.2, 0.25) is 0 Å². The number of benzene rings is 1. The Bertz CT molecular complexity index is 364. The van der Waals surface area contributed by atoms with Crippen LogP contribution in [0.15, 0.2) is 12.1 Å². The van der Waals surface area contributed by atoms with E-state index in [0.29, 0.717) is 0 Å². The van der Waals surface area contributed by atoms with E-state index in [-0.39, 0.29) is 16.8 Å². The van der Waals surface area contributed by atoms with Gasteiger partial charge in [-0.1, -0.05) is 11.6 Å². The van der Waals surface area contributed by atoms with Crippen molar-refractivity contribution in [1.82, 2.24) is 5.32 Å². The minimum absolute atomic E-state index is 0.123. The summed E-state index contributed by atoms with van der Waals surface area (Å²) in [7, 11) is 1.45. The van der Waals surface area contributed by atoms with E-state index in [9.17, 15) is 4.39 Å². The molecule has 0 aliphatic carbocycles. The minimum Gasteiger partial charge on any atom is -0.494 e. The van der Waals surface area contributed by atoms with Gasteiger partial charge in [0.1, 0.15) is 0 Å². The summed E-state index contributed by atoms with van der Waals surface area (Å²) >= 11 is 5.79. The van der Waals surface area contributed by atoms with Crippen molar-refractivity contribution in [1.29, 1.82) is 0 Å². The summed E-state index contributed by atoms with van der Waals surface area (Å²) in [5.74, 6) is -0.271. The van der Waals surface area contributed by atoms with Crippen LogP contribution in [0, 0.1) is 5.82 Å². The molecule has 0 saturated carbocycles. The first-order valence-electron chi connectivity index (χ1n) is 4.98. The molecule has 0 bridgehead atoms. The molecule has 1 unspecified atom stereocenters. The highest BCUT2D eigenvalue weighted by molar-refractivity contribution is 6.31. The van der Waals surface area contributed by atoms with Crippen LogP contribution in [0.5, 0.6) is 5.75 Å². The molecule has 1 aromatic rings. The molecule has 1 atom stereocenters. The monoisotopic (exact) mass is 229 g/mol. The van der Waals surface area contributed by atoms with E-state index < -0.39 is 5.82 Å². The zero-order valence-electron chi connectivity index (χ0n) is 8.52. The third kappa shape index (κ3) is 2.08. The van der Waals surface area contributed by atoms with Gasteiger partial charge in [0.25, 0.3) is 0 Å². The second kappa shape index (κ2) is 4.37. The molecule has 0 aromatic heterocycles. The molecule has 0 amide bonds. The number of halogens is 2. The molecule has 1 aromatic carbocycles. The fourth-order valence-electron chi connectivity index (χ4n) is 1.90. The standard InChI is InChI=1S/C11H13ClFNO/c1-15-10-6-7(5-8(12)11(10)13)9-3-2-4-14-9/h5-6,9,14H,2-4H2,1H3. The zero-order valence-corrected chi connectivity index (χ0v) is 9.27. The van der Waals surface area contributed by atoms with Crippen molar-refractivity contribution in [2.24, 2.45) is 0 Å². The van der Waals surface area contributed by atoms with Crippen molar-refractivity contribution < 1.29 is 9.13 Å². The van der Waals surface area contributed by atoms with E-state index in [2.05, 4.69) is 5.32 Å². The van der Waals surface area contributed by atoms with Gasteiger partial charge in [-0.3, -0.25) is 0 Å². The van der Waals surface area contributed by atoms with E-state index in [4.69, 9.17) is 16.3 Å². The molecule has 4 heteroatoms. The van der Waals surface area contributed by atoms with Crippen molar-refractivity contribution in [3.05, 3.63) is 28.5 Å². The Hall–Kier alpha value is -0.800. The summed E-state index contributed by atoms with van der Waals surface area (Å²) in [6, 6.07) is 3.66. The largest absolute Gasteiger partial charge is 0.494 e. The van der Waals surface area contributed by atoms with E-state index in [0.717, 1.165) is 24.9 Å². The van der Waals surface area contributed by atoms with Crippen molar-refractivity contribution in [2.75, 3.05) is 13.7 Å². The van der Waals surface area contributed by atoms with Gasteiger partial charge >= 0.3 is 0 Å². The molecular weight excluding hydrogens is 217 g/mol. The predicted molar refractivity (Wildman–Crippen MR) is 57.9 cm³/mol. The number of ether oxygens (including phenoxy) is 1. The van der Waals surface area contributed by atoms with Crippen LogP contribution in [0.3, 0.4) is 0 Å². The molecule has 2 rings (SSSR count). The number of rotatable bonds is 2. The van der Waals surface area contributed by atoms with Crippen LogP contribution < -0.4 is 10.1 Å². The summed E-state index contributed by atoms with van der Waals surface area (Å²) in [5.41, 5.74) is 0.996. The molecule has 1 aliphatic heterocycles. The van der Waals surface area contributed by atoms with Crippen LogP contribution in [0.25, 0.3) is 0 Å². The van der Waals surface area contributed by atoms with Crippen LogP contribution in [-0.2, 0) is 0 Å². The van der Waals surface area contributed by atoms with Gasteiger partial charge in [0, 0.05) is 6.04 Å². The second-order valence-corrected chi connectivity index (χ2v) is 4.08. The van der Waals surface area contributed by atoms with Gasteiger partial charge < -0.3 is 10.1 Å². The lowest BCUT2D eigenvalue weighted by atomic mass is 10.1. The maximum absolute atomic E-state index is 13.4. The number of nitrogens with one attached hydrogen (secondary N) is 1. The highest BCUT2D eigenvalue weighted by atomic mass is 35.5. The quantitative estimate of drug-likeness (QED) is 0.842. The zero-order chi connectivity index (χ0) is 10.8. The molecule has 1 aliphatic rings. The Kier molecular flexibility index (Phi) is 3.12.